The number of aromatic nitrogens is 2. The number of aliphatic hydroxyl groups is 1. The minimum Gasteiger partial charge on any atom is -0.395 e. The van der Waals surface area contributed by atoms with Crippen LogP contribution in [0.15, 0.2) is 36.4 Å². The van der Waals surface area contributed by atoms with Crippen LogP contribution >= 0.6 is 11.6 Å². The van der Waals surface area contributed by atoms with E-state index in [-0.39, 0.29) is 12.6 Å². The van der Waals surface area contributed by atoms with E-state index < -0.39 is 0 Å². The number of halogens is 1. The fraction of sp³-hybridized carbons (Fsp3) is 0.476. The first-order chi connectivity index (χ1) is 15.1. The smallest absolute Gasteiger partial charge is 0.321 e. The number of piperazine rings is 2. The molecule has 2 aliphatic rings. The molecule has 0 spiro atoms. The second kappa shape index (κ2) is 10.1. The van der Waals surface area contributed by atoms with Gasteiger partial charge in [0.2, 0.25) is 0 Å². The number of hydrogen-bond acceptors (Lipinski definition) is 7. The second-order valence-electron chi connectivity index (χ2n) is 7.71. The van der Waals surface area contributed by atoms with Crippen molar-refractivity contribution in [3.63, 3.8) is 0 Å². The molecule has 0 atom stereocenters. The maximum absolute atomic E-state index is 12.5. The van der Waals surface area contributed by atoms with Crippen LogP contribution in [0.4, 0.5) is 22.1 Å². The third-order valence-electron chi connectivity index (χ3n) is 5.74. The number of nitrogens with one attached hydrogen (secondary N) is 1. The third kappa shape index (κ3) is 5.55. The highest BCUT2D eigenvalue weighted by Gasteiger charge is 2.23. The summed E-state index contributed by atoms with van der Waals surface area (Å²) in [6.07, 6.45) is 0. The quantitative estimate of drug-likeness (QED) is 0.722. The summed E-state index contributed by atoms with van der Waals surface area (Å²) < 4.78 is 0. The highest BCUT2D eigenvalue weighted by molar-refractivity contribution is 6.30. The molecule has 0 unspecified atom stereocenters. The average molecular weight is 446 g/mol. The van der Waals surface area contributed by atoms with Gasteiger partial charge in [-0.25, -0.2) is 4.79 Å². The molecule has 10 heteroatoms. The van der Waals surface area contributed by atoms with Crippen LogP contribution in [0.3, 0.4) is 0 Å². The van der Waals surface area contributed by atoms with E-state index in [0.717, 1.165) is 50.0 Å². The molecule has 2 N–H and O–H groups in total. The number of rotatable bonds is 5. The lowest BCUT2D eigenvalue weighted by Gasteiger charge is -2.36. The van der Waals surface area contributed by atoms with Crippen molar-refractivity contribution in [3.05, 3.63) is 41.4 Å². The zero-order chi connectivity index (χ0) is 21.6. The number of amides is 2. The maximum Gasteiger partial charge on any atom is 0.321 e. The molecule has 0 aliphatic carbocycles. The van der Waals surface area contributed by atoms with Crippen molar-refractivity contribution in [2.75, 3.05) is 80.6 Å². The van der Waals surface area contributed by atoms with Gasteiger partial charge in [-0.3, -0.25) is 4.90 Å². The van der Waals surface area contributed by atoms with Crippen molar-refractivity contribution >= 4 is 35.0 Å². The summed E-state index contributed by atoms with van der Waals surface area (Å²) in [7, 11) is 0. The van der Waals surface area contributed by atoms with Gasteiger partial charge in [0.1, 0.15) is 0 Å². The number of β-amino-alcohol motifs (C(OH)–C–C–N with tert-alkyl or cyclic N) is 1. The molecule has 9 nitrogen and oxygen atoms in total. The number of hydrogen-bond donors (Lipinski definition) is 2. The molecule has 0 bridgehead atoms. The van der Waals surface area contributed by atoms with E-state index in [9.17, 15) is 4.79 Å². The molecule has 166 valence electrons. The lowest BCUT2D eigenvalue weighted by Crippen LogP contribution is -2.50. The number of carbonyl (C=O) groups excluding carboxylic acids is 1. The van der Waals surface area contributed by atoms with Crippen molar-refractivity contribution < 1.29 is 9.90 Å². The van der Waals surface area contributed by atoms with Crippen LogP contribution in [0.1, 0.15) is 0 Å². The summed E-state index contributed by atoms with van der Waals surface area (Å²) in [5.41, 5.74) is 0.732. The van der Waals surface area contributed by atoms with Crippen molar-refractivity contribution in [1.29, 1.82) is 0 Å². The number of urea groups is 1. The Bertz CT molecular complexity index is 849. The zero-order valence-electron chi connectivity index (χ0n) is 17.5. The Morgan fingerprint density at radius 3 is 1.94 bits per heavy atom. The first-order valence-electron chi connectivity index (χ1n) is 10.6. The number of anilines is 3. The molecule has 2 aliphatic heterocycles. The van der Waals surface area contributed by atoms with Crippen LogP contribution in [0, 0.1) is 0 Å². The summed E-state index contributed by atoms with van der Waals surface area (Å²) in [4.78, 5) is 20.9. The molecule has 2 amide bonds. The SMILES string of the molecule is O=C(Nc1ccc(Cl)cc1)N1CCN(c2ccc(N3CCN(CCO)CC3)nn2)CC1. The molecule has 0 saturated carbocycles. The van der Waals surface area contributed by atoms with E-state index >= 15 is 0 Å². The molecule has 31 heavy (non-hydrogen) atoms. The van der Waals surface area contributed by atoms with Crippen LogP contribution in [0.25, 0.3) is 0 Å². The monoisotopic (exact) mass is 445 g/mol. The first-order valence-corrected chi connectivity index (χ1v) is 11.0. The van der Waals surface area contributed by atoms with E-state index in [4.69, 9.17) is 16.7 Å². The van der Waals surface area contributed by atoms with Crippen LogP contribution in [-0.2, 0) is 0 Å². The summed E-state index contributed by atoms with van der Waals surface area (Å²) in [5, 5.41) is 21.5. The molecule has 4 rings (SSSR count). The van der Waals surface area contributed by atoms with E-state index in [2.05, 4.69) is 30.2 Å². The summed E-state index contributed by atoms with van der Waals surface area (Å²) in [5.74, 6) is 1.72. The van der Waals surface area contributed by atoms with Crippen molar-refractivity contribution in [2.24, 2.45) is 0 Å². The van der Waals surface area contributed by atoms with Crippen molar-refractivity contribution in [1.82, 2.24) is 20.0 Å². The van der Waals surface area contributed by atoms with Crippen LogP contribution in [0.5, 0.6) is 0 Å². The van der Waals surface area contributed by atoms with Gasteiger partial charge in [-0.1, -0.05) is 11.6 Å². The Labute approximate surface area is 187 Å². The average Bonchev–Trinajstić information content (AvgIpc) is 2.81. The van der Waals surface area contributed by atoms with E-state index in [1.165, 1.54) is 0 Å². The minimum atomic E-state index is -0.108. The van der Waals surface area contributed by atoms with Crippen LogP contribution < -0.4 is 15.1 Å². The maximum atomic E-state index is 12.5. The predicted octanol–water partition coefficient (Wildman–Crippen LogP) is 1.60. The van der Waals surface area contributed by atoms with Crippen LogP contribution in [0.2, 0.25) is 5.02 Å². The molecule has 2 saturated heterocycles. The normalized spacial score (nSPS) is 17.7. The Morgan fingerprint density at radius 1 is 0.871 bits per heavy atom. The van der Waals surface area contributed by atoms with E-state index in [1.54, 1.807) is 29.2 Å². The predicted molar refractivity (Wildman–Crippen MR) is 122 cm³/mol. The van der Waals surface area contributed by atoms with Gasteiger partial charge in [-0.2, -0.15) is 0 Å². The van der Waals surface area contributed by atoms with Gasteiger partial charge < -0.3 is 25.1 Å². The van der Waals surface area contributed by atoms with Gasteiger partial charge in [-0.05, 0) is 36.4 Å². The van der Waals surface area contributed by atoms with Gasteiger partial charge in [0.15, 0.2) is 11.6 Å². The van der Waals surface area contributed by atoms with Crippen molar-refractivity contribution in [3.8, 4) is 0 Å². The number of aliphatic hydroxyl groups excluding tert-OH is 1. The standard InChI is InChI=1S/C21H28ClN7O2/c22-17-1-3-18(4-2-17)23-21(31)29-13-11-28(12-14-29)20-6-5-19(24-25-20)27-9-7-26(8-10-27)15-16-30/h1-6,30H,7-16H2,(H,23,31). The zero-order valence-corrected chi connectivity index (χ0v) is 18.2. The van der Waals surface area contributed by atoms with Gasteiger partial charge in [0, 0.05) is 69.6 Å². The van der Waals surface area contributed by atoms with Gasteiger partial charge in [-0.15, -0.1) is 10.2 Å². The summed E-state index contributed by atoms with van der Waals surface area (Å²) in [6, 6.07) is 11.0. The number of carbonyl (C=O) groups is 1. The molecule has 0 radical (unpaired) electrons. The number of nitrogens with zero attached hydrogens (tertiary/aromatic N) is 6. The second-order valence-corrected chi connectivity index (χ2v) is 8.15. The fourth-order valence-corrected chi connectivity index (χ4v) is 4.00. The highest BCUT2D eigenvalue weighted by Crippen LogP contribution is 2.19. The third-order valence-corrected chi connectivity index (χ3v) is 5.99. The first kappa shape index (κ1) is 21.6. The number of benzene rings is 1. The van der Waals surface area contributed by atoms with Gasteiger partial charge in [0.25, 0.3) is 0 Å². The molecular formula is C21H28ClN7O2. The minimum absolute atomic E-state index is 0.108. The van der Waals surface area contributed by atoms with E-state index in [0.29, 0.717) is 31.2 Å². The topological polar surface area (TPSA) is 88.1 Å². The summed E-state index contributed by atoms with van der Waals surface area (Å²) in [6.45, 7) is 7.20. The molecule has 2 fully saturated rings. The Hall–Kier alpha value is -2.62. The molecule has 1 aromatic heterocycles. The lowest BCUT2D eigenvalue weighted by molar-refractivity contribution is 0.188. The lowest BCUT2D eigenvalue weighted by atomic mass is 10.3. The molecule has 3 heterocycles. The van der Waals surface area contributed by atoms with Gasteiger partial charge in [0.05, 0.1) is 6.61 Å². The van der Waals surface area contributed by atoms with Gasteiger partial charge >= 0.3 is 6.03 Å². The Kier molecular flexibility index (Phi) is 7.06. The highest BCUT2D eigenvalue weighted by atomic mass is 35.5. The van der Waals surface area contributed by atoms with Crippen molar-refractivity contribution in [2.45, 2.75) is 0 Å². The summed E-state index contributed by atoms with van der Waals surface area (Å²) >= 11 is 5.89. The fourth-order valence-electron chi connectivity index (χ4n) is 3.87. The molecular weight excluding hydrogens is 418 g/mol. The molecule has 1 aromatic carbocycles. The Morgan fingerprint density at radius 2 is 1.42 bits per heavy atom. The van der Waals surface area contributed by atoms with Crippen LogP contribution in [-0.4, -0.2) is 96.6 Å². The largest absolute Gasteiger partial charge is 0.395 e. The molecule has 2 aromatic rings. The Balaban J connectivity index is 1.26. The van der Waals surface area contributed by atoms with E-state index in [1.807, 2.05) is 12.1 Å².